The fourth-order valence-corrected chi connectivity index (χ4v) is 1.59. The third-order valence-electron chi connectivity index (χ3n) is 2.44. The van der Waals surface area contributed by atoms with Gasteiger partial charge in [0.2, 0.25) is 11.7 Å². The van der Waals surface area contributed by atoms with E-state index in [1.807, 2.05) is 0 Å². The van der Waals surface area contributed by atoms with E-state index in [9.17, 15) is 28.1 Å². The van der Waals surface area contributed by atoms with Crippen LogP contribution in [0.2, 0.25) is 0 Å². The first kappa shape index (κ1) is 14.5. The van der Waals surface area contributed by atoms with Gasteiger partial charge in [-0.2, -0.15) is 0 Å². The highest BCUT2D eigenvalue weighted by atomic mass is 19.3. The zero-order valence-electron chi connectivity index (χ0n) is 9.92. The van der Waals surface area contributed by atoms with Crippen LogP contribution in [-0.2, 0) is 0 Å². The first-order valence-corrected chi connectivity index (χ1v) is 5.27. The molecule has 0 amide bonds. The molecule has 1 aromatic heterocycles. The molecule has 1 aromatic carbocycles. The Kier molecular flexibility index (Phi) is 3.61. The first-order valence-electron chi connectivity index (χ1n) is 5.27. The van der Waals surface area contributed by atoms with Crippen molar-refractivity contribution in [2.45, 2.75) is 6.43 Å². The fourth-order valence-electron chi connectivity index (χ4n) is 1.59. The van der Waals surface area contributed by atoms with Crippen LogP contribution < -0.4 is 0 Å². The van der Waals surface area contributed by atoms with Crippen LogP contribution in [0.1, 0.15) is 22.7 Å². The fraction of sp³-hybridized carbons (Fsp3) is 0.0909. The first-order chi connectivity index (χ1) is 9.81. The van der Waals surface area contributed by atoms with E-state index in [2.05, 4.69) is 9.40 Å². The number of aromatic nitrogens is 1. The van der Waals surface area contributed by atoms with Gasteiger partial charge in [0.05, 0.1) is 4.92 Å². The molecule has 0 aliphatic heterocycles. The molecule has 110 valence electrons. The van der Waals surface area contributed by atoms with Crippen molar-refractivity contribution in [3.8, 4) is 11.5 Å². The number of benzene rings is 1. The largest absolute Gasteiger partial charge is 0.475 e. The van der Waals surface area contributed by atoms with Gasteiger partial charge in [0.15, 0.2) is 5.69 Å². The summed E-state index contributed by atoms with van der Waals surface area (Å²) in [6.45, 7) is 0. The van der Waals surface area contributed by atoms with Gasteiger partial charge in [-0.15, -0.1) is 0 Å². The number of nitro groups is 1. The molecule has 21 heavy (non-hydrogen) atoms. The van der Waals surface area contributed by atoms with E-state index >= 15 is 0 Å². The molecule has 2 rings (SSSR count). The smallest absolute Gasteiger partial charge is 0.374 e. The van der Waals surface area contributed by atoms with E-state index in [1.165, 1.54) is 0 Å². The maximum atomic E-state index is 13.2. The molecular weight excluding hydrogens is 297 g/mol. The van der Waals surface area contributed by atoms with Gasteiger partial charge in [0.25, 0.3) is 12.1 Å². The second-order valence-electron chi connectivity index (χ2n) is 3.76. The van der Waals surface area contributed by atoms with Crippen LogP contribution in [0.3, 0.4) is 0 Å². The van der Waals surface area contributed by atoms with Gasteiger partial charge in [-0.05, 0) is 12.1 Å². The van der Waals surface area contributed by atoms with Crippen LogP contribution in [0, 0.1) is 15.9 Å². The van der Waals surface area contributed by atoms with Crippen LogP contribution >= 0.6 is 0 Å². The Bertz CT molecular complexity index is 729. The SMILES string of the molecule is O=C(O)c1oc(-c2cc(F)ccc2[N+](=O)[O-])nc1C(F)F. The van der Waals surface area contributed by atoms with Gasteiger partial charge < -0.3 is 9.52 Å². The average molecular weight is 302 g/mol. The lowest BCUT2D eigenvalue weighted by Crippen LogP contribution is -1.99. The molecule has 0 aliphatic rings. The molecule has 0 saturated carbocycles. The highest BCUT2D eigenvalue weighted by molar-refractivity contribution is 5.86. The van der Waals surface area contributed by atoms with Crippen molar-refractivity contribution >= 4 is 11.7 Å². The van der Waals surface area contributed by atoms with E-state index in [1.54, 1.807) is 0 Å². The van der Waals surface area contributed by atoms with Crippen molar-refractivity contribution < 1.29 is 32.4 Å². The van der Waals surface area contributed by atoms with E-state index in [0.29, 0.717) is 6.07 Å². The summed E-state index contributed by atoms with van der Waals surface area (Å²) in [5.41, 5.74) is -2.37. The average Bonchev–Trinajstić information content (AvgIpc) is 2.83. The Morgan fingerprint density at radius 3 is 2.57 bits per heavy atom. The topological polar surface area (TPSA) is 106 Å². The standard InChI is InChI=1S/C11H5F3N2O5/c12-4-1-2-6(16(19)20)5(3-4)10-15-7(9(13)14)8(21-10)11(17)18/h1-3,9H,(H,17,18). The second-order valence-corrected chi connectivity index (χ2v) is 3.76. The molecule has 0 aliphatic carbocycles. The number of carbonyl (C=O) groups is 1. The molecule has 1 N–H and O–H groups in total. The molecule has 7 nitrogen and oxygen atoms in total. The zero-order valence-corrected chi connectivity index (χ0v) is 9.92. The Morgan fingerprint density at radius 2 is 2.10 bits per heavy atom. The monoisotopic (exact) mass is 302 g/mol. The number of rotatable bonds is 4. The predicted molar refractivity (Wildman–Crippen MR) is 60.5 cm³/mol. The summed E-state index contributed by atoms with van der Waals surface area (Å²) in [7, 11) is 0. The molecule has 0 fully saturated rings. The van der Waals surface area contributed by atoms with Crippen LogP contribution in [0.4, 0.5) is 18.9 Å². The Hall–Kier alpha value is -2.91. The summed E-state index contributed by atoms with van der Waals surface area (Å²) < 4.78 is 43.1. The highest BCUT2D eigenvalue weighted by Gasteiger charge is 2.29. The van der Waals surface area contributed by atoms with Gasteiger partial charge in [0, 0.05) is 6.07 Å². The molecule has 1 heterocycles. The number of halogens is 3. The number of nitrogens with zero attached hydrogens (tertiary/aromatic N) is 2. The molecule has 0 saturated heterocycles. The van der Waals surface area contributed by atoms with Crippen molar-refractivity contribution in [2.24, 2.45) is 0 Å². The van der Waals surface area contributed by atoms with Crippen molar-refractivity contribution in [1.82, 2.24) is 4.98 Å². The molecular formula is C11H5F3N2O5. The number of nitro benzene ring substituents is 1. The third kappa shape index (κ3) is 2.68. The maximum Gasteiger partial charge on any atom is 0.374 e. The molecule has 10 heteroatoms. The lowest BCUT2D eigenvalue weighted by atomic mass is 10.2. The molecule has 0 radical (unpaired) electrons. The summed E-state index contributed by atoms with van der Waals surface area (Å²) in [5.74, 6) is -4.64. The van der Waals surface area contributed by atoms with Gasteiger partial charge in [0.1, 0.15) is 11.4 Å². The van der Waals surface area contributed by atoms with Crippen LogP contribution in [0.25, 0.3) is 11.5 Å². The molecule has 0 bridgehead atoms. The number of carboxylic acid groups (broad SMARTS) is 1. The Balaban J connectivity index is 2.67. The summed E-state index contributed by atoms with van der Waals surface area (Å²) >= 11 is 0. The quantitative estimate of drug-likeness (QED) is 0.687. The Morgan fingerprint density at radius 1 is 1.43 bits per heavy atom. The molecule has 2 aromatic rings. The second kappa shape index (κ2) is 5.23. The number of hydrogen-bond acceptors (Lipinski definition) is 5. The van der Waals surface area contributed by atoms with Gasteiger partial charge in [-0.25, -0.2) is 22.9 Å². The summed E-state index contributed by atoms with van der Waals surface area (Å²) in [4.78, 5) is 23.9. The molecule has 0 atom stereocenters. The Labute approximate surface area is 113 Å². The minimum absolute atomic E-state index is 0.533. The minimum atomic E-state index is -3.26. The predicted octanol–water partition coefficient (Wildman–Crippen LogP) is 3.02. The van der Waals surface area contributed by atoms with Gasteiger partial charge in [-0.3, -0.25) is 10.1 Å². The molecule has 0 unspecified atom stereocenters. The number of hydrogen-bond donors (Lipinski definition) is 1. The van der Waals surface area contributed by atoms with E-state index < -0.39 is 51.7 Å². The van der Waals surface area contributed by atoms with Gasteiger partial charge in [-0.1, -0.05) is 0 Å². The lowest BCUT2D eigenvalue weighted by Gasteiger charge is -1.98. The lowest BCUT2D eigenvalue weighted by molar-refractivity contribution is -0.384. The minimum Gasteiger partial charge on any atom is -0.475 e. The molecule has 0 spiro atoms. The van der Waals surface area contributed by atoms with Crippen molar-refractivity contribution in [1.29, 1.82) is 0 Å². The van der Waals surface area contributed by atoms with E-state index in [-0.39, 0.29) is 0 Å². The normalized spacial score (nSPS) is 10.9. The zero-order chi connectivity index (χ0) is 15.7. The number of carboxylic acids is 1. The van der Waals surface area contributed by atoms with Crippen LogP contribution in [0.15, 0.2) is 22.6 Å². The van der Waals surface area contributed by atoms with Crippen LogP contribution in [0.5, 0.6) is 0 Å². The van der Waals surface area contributed by atoms with Crippen molar-refractivity contribution in [2.75, 3.05) is 0 Å². The van der Waals surface area contributed by atoms with E-state index in [0.717, 1.165) is 12.1 Å². The summed E-state index contributed by atoms with van der Waals surface area (Å²) in [5, 5.41) is 19.5. The number of alkyl halides is 2. The van der Waals surface area contributed by atoms with Crippen molar-refractivity contribution in [3.63, 3.8) is 0 Å². The third-order valence-corrected chi connectivity index (χ3v) is 2.44. The summed E-state index contributed by atoms with van der Waals surface area (Å²) in [6.07, 6.45) is -3.26. The number of aromatic carboxylic acids is 1. The maximum absolute atomic E-state index is 13.2. The van der Waals surface area contributed by atoms with Crippen LogP contribution in [-0.4, -0.2) is 21.0 Å². The number of oxazole rings is 1. The van der Waals surface area contributed by atoms with Gasteiger partial charge >= 0.3 is 5.97 Å². The van der Waals surface area contributed by atoms with E-state index in [4.69, 9.17) is 5.11 Å². The highest BCUT2D eigenvalue weighted by Crippen LogP contribution is 2.33. The van der Waals surface area contributed by atoms with Crippen molar-refractivity contribution in [3.05, 3.63) is 45.6 Å². The summed E-state index contributed by atoms with van der Waals surface area (Å²) in [6, 6.07) is 2.22.